The number of benzene rings is 3. The summed E-state index contributed by atoms with van der Waals surface area (Å²) in [5.41, 5.74) is -1.22. The molecular weight excluding hydrogens is 650 g/mol. The predicted molar refractivity (Wildman–Crippen MR) is 162 cm³/mol. The number of nitrogens with one attached hydrogen (secondary N) is 1. The fourth-order valence-corrected chi connectivity index (χ4v) is 6.23. The number of amides is 2. The molecule has 0 heterocycles. The van der Waals surface area contributed by atoms with Crippen molar-refractivity contribution in [3.05, 3.63) is 92.9 Å². The molecule has 0 aliphatic rings. The third kappa shape index (κ3) is 8.56. The Kier molecular flexibility index (Phi) is 11.8. The zero-order valence-electron chi connectivity index (χ0n) is 23.2. The van der Waals surface area contributed by atoms with Crippen LogP contribution in [-0.4, -0.2) is 44.3 Å². The number of anilines is 1. The molecule has 232 valence electrons. The summed E-state index contributed by atoms with van der Waals surface area (Å²) in [5.74, 6) is -1.31. The summed E-state index contributed by atoms with van der Waals surface area (Å²) in [5, 5.41) is 2.57. The highest BCUT2D eigenvalue weighted by atomic mass is 35.5. The maximum absolute atomic E-state index is 14.0. The van der Waals surface area contributed by atoms with Crippen molar-refractivity contribution in [2.75, 3.05) is 17.4 Å². The van der Waals surface area contributed by atoms with Crippen LogP contribution in [0.25, 0.3) is 0 Å². The Morgan fingerprint density at radius 1 is 0.907 bits per heavy atom. The van der Waals surface area contributed by atoms with Crippen molar-refractivity contribution in [2.24, 2.45) is 0 Å². The van der Waals surface area contributed by atoms with Crippen molar-refractivity contribution < 1.29 is 31.2 Å². The molecule has 0 saturated carbocycles. The van der Waals surface area contributed by atoms with Gasteiger partial charge in [-0.1, -0.05) is 72.9 Å². The highest BCUT2D eigenvalue weighted by Gasteiger charge is 2.37. The molecule has 0 unspecified atom stereocenters. The quantitative estimate of drug-likeness (QED) is 0.220. The summed E-state index contributed by atoms with van der Waals surface area (Å²) in [6.45, 7) is 2.78. The second-order valence-corrected chi connectivity index (χ2v) is 12.6. The fraction of sp³-hybridized carbons (Fsp3) is 0.310. The Labute approximate surface area is 263 Å². The first-order chi connectivity index (χ1) is 20.2. The number of hydrogen-bond acceptors (Lipinski definition) is 4. The second kappa shape index (κ2) is 14.7. The zero-order chi connectivity index (χ0) is 31.9. The first-order valence-corrected chi connectivity index (χ1v) is 15.7. The number of carbonyl (C=O) groups is 2. The van der Waals surface area contributed by atoms with Gasteiger partial charge in [0, 0.05) is 13.1 Å². The Morgan fingerprint density at radius 2 is 1.56 bits per heavy atom. The molecule has 0 bridgehead atoms. The average molecular weight is 679 g/mol. The summed E-state index contributed by atoms with van der Waals surface area (Å²) < 4.78 is 69.5. The molecule has 3 aromatic carbocycles. The lowest BCUT2D eigenvalue weighted by Gasteiger charge is -2.33. The number of hydrogen-bond donors (Lipinski definition) is 1. The number of sulfonamides is 1. The lowest BCUT2D eigenvalue weighted by atomic mass is 10.1. The summed E-state index contributed by atoms with van der Waals surface area (Å²) in [7, 11) is -4.57. The monoisotopic (exact) mass is 677 g/mol. The molecule has 0 aliphatic carbocycles. The molecule has 0 saturated heterocycles. The number of nitrogens with zero attached hydrogens (tertiary/aromatic N) is 2. The molecule has 1 N–H and O–H groups in total. The van der Waals surface area contributed by atoms with Crippen LogP contribution in [-0.2, 0) is 32.3 Å². The van der Waals surface area contributed by atoms with Gasteiger partial charge in [-0.15, -0.1) is 0 Å². The molecule has 2 amide bonds. The van der Waals surface area contributed by atoms with Gasteiger partial charge >= 0.3 is 6.18 Å². The van der Waals surface area contributed by atoms with Gasteiger partial charge in [-0.2, -0.15) is 13.2 Å². The summed E-state index contributed by atoms with van der Waals surface area (Å²) in [6.07, 6.45) is -4.11. The van der Waals surface area contributed by atoms with Crippen LogP contribution < -0.4 is 9.62 Å². The molecular formula is C29H29Cl3F3N3O4S. The van der Waals surface area contributed by atoms with Gasteiger partial charge in [-0.05, 0) is 60.9 Å². The normalized spacial score (nSPS) is 12.5. The maximum atomic E-state index is 14.0. The summed E-state index contributed by atoms with van der Waals surface area (Å²) in [6, 6.07) is 13.1. The van der Waals surface area contributed by atoms with Crippen LogP contribution in [0, 0.1) is 0 Å². The Balaban J connectivity index is 2.14. The van der Waals surface area contributed by atoms with Crippen molar-refractivity contribution in [1.29, 1.82) is 0 Å². The molecule has 0 aliphatic heterocycles. The summed E-state index contributed by atoms with van der Waals surface area (Å²) >= 11 is 18.0. The lowest BCUT2D eigenvalue weighted by Crippen LogP contribution is -2.52. The maximum Gasteiger partial charge on any atom is 0.417 e. The molecule has 0 aromatic heterocycles. The van der Waals surface area contributed by atoms with E-state index in [0.29, 0.717) is 28.9 Å². The first kappa shape index (κ1) is 34.5. The van der Waals surface area contributed by atoms with Crippen molar-refractivity contribution >= 4 is 62.3 Å². The van der Waals surface area contributed by atoms with E-state index in [1.807, 2.05) is 6.92 Å². The van der Waals surface area contributed by atoms with E-state index >= 15 is 0 Å². The van der Waals surface area contributed by atoms with Gasteiger partial charge in [0.2, 0.25) is 11.8 Å². The van der Waals surface area contributed by atoms with Gasteiger partial charge in [0.1, 0.15) is 12.6 Å². The van der Waals surface area contributed by atoms with E-state index in [1.54, 1.807) is 19.1 Å². The Morgan fingerprint density at radius 3 is 2.14 bits per heavy atom. The van der Waals surface area contributed by atoms with Crippen LogP contribution in [0.3, 0.4) is 0 Å². The number of halogens is 6. The minimum atomic E-state index is -4.90. The molecule has 3 rings (SSSR count). The minimum Gasteiger partial charge on any atom is -0.354 e. The van der Waals surface area contributed by atoms with E-state index in [0.717, 1.165) is 12.1 Å². The summed E-state index contributed by atoms with van der Waals surface area (Å²) in [4.78, 5) is 28.1. The van der Waals surface area contributed by atoms with E-state index in [9.17, 15) is 31.2 Å². The minimum absolute atomic E-state index is 0.160. The number of carbonyl (C=O) groups excluding carboxylic acids is 2. The van der Waals surface area contributed by atoms with Crippen LogP contribution >= 0.6 is 34.8 Å². The predicted octanol–water partition coefficient (Wildman–Crippen LogP) is 7.19. The molecule has 3 aromatic rings. The molecule has 7 nitrogen and oxygen atoms in total. The molecule has 1 atom stereocenters. The van der Waals surface area contributed by atoms with Crippen LogP contribution in [0.2, 0.25) is 15.1 Å². The van der Waals surface area contributed by atoms with E-state index < -0.39 is 56.9 Å². The van der Waals surface area contributed by atoms with Crippen LogP contribution in [0.5, 0.6) is 0 Å². The van der Waals surface area contributed by atoms with E-state index in [-0.39, 0.29) is 27.9 Å². The largest absolute Gasteiger partial charge is 0.417 e. The zero-order valence-corrected chi connectivity index (χ0v) is 26.3. The molecule has 0 radical (unpaired) electrons. The van der Waals surface area contributed by atoms with E-state index in [2.05, 4.69) is 5.32 Å². The number of rotatable bonds is 12. The molecule has 14 heteroatoms. The lowest BCUT2D eigenvalue weighted by molar-refractivity contribution is -0.140. The van der Waals surface area contributed by atoms with Crippen molar-refractivity contribution in [3.8, 4) is 0 Å². The third-order valence-corrected chi connectivity index (χ3v) is 9.28. The van der Waals surface area contributed by atoms with Crippen molar-refractivity contribution in [1.82, 2.24) is 10.2 Å². The van der Waals surface area contributed by atoms with Gasteiger partial charge in [0.15, 0.2) is 0 Å². The fourth-order valence-electron chi connectivity index (χ4n) is 4.25. The highest BCUT2D eigenvalue weighted by Crippen LogP contribution is 2.38. The van der Waals surface area contributed by atoms with E-state index in [4.69, 9.17) is 34.8 Å². The molecule has 0 spiro atoms. The van der Waals surface area contributed by atoms with Gasteiger partial charge in [-0.25, -0.2) is 8.42 Å². The van der Waals surface area contributed by atoms with Gasteiger partial charge < -0.3 is 10.2 Å². The van der Waals surface area contributed by atoms with Crippen LogP contribution in [0.1, 0.15) is 37.8 Å². The highest BCUT2D eigenvalue weighted by molar-refractivity contribution is 7.92. The first-order valence-electron chi connectivity index (χ1n) is 13.2. The Bertz CT molecular complexity index is 1560. The molecule has 0 fully saturated rings. The van der Waals surface area contributed by atoms with Gasteiger partial charge in [0.25, 0.3) is 10.0 Å². The molecule has 43 heavy (non-hydrogen) atoms. The van der Waals surface area contributed by atoms with Crippen molar-refractivity contribution in [2.45, 2.75) is 50.3 Å². The third-order valence-electron chi connectivity index (χ3n) is 6.43. The second-order valence-electron chi connectivity index (χ2n) is 9.47. The average Bonchev–Trinajstić information content (AvgIpc) is 2.96. The van der Waals surface area contributed by atoms with Gasteiger partial charge in [-0.3, -0.25) is 13.9 Å². The SMILES string of the molecule is CCCNC(=O)[C@@H](CC)N(Cc1ccc(Cl)c(Cl)c1)C(=O)CN(c1ccc(Cl)c(C(F)(F)F)c1)S(=O)(=O)c1ccccc1. The standard InChI is InChI=1S/C29H29Cl3F3N3O4S/c1-3-14-36-28(40)26(4-2)37(17-19-10-12-24(31)25(32)15-19)27(39)18-38(43(41,42)21-8-6-5-7-9-21)20-11-13-23(30)22(16-20)29(33,34)35/h5-13,15-16,26H,3-4,14,17-18H2,1-2H3,(H,36,40)/t26-/m1/s1. The van der Waals surface area contributed by atoms with Crippen LogP contribution in [0.15, 0.2) is 71.6 Å². The Hall–Kier alpha value is -2.99. The van der Waals surface area contributed by atoms with Crippen LogP contribution in [0.4, 0.5) is 18.9 Å². The van der Waals surface area contributed by atoms with E-state index in [1.165, 1.54) is 41.3 Å². The van der Waals surface area contributed by atoms with Crippen molar-refractivity contribution in [3.63, 3.8) is 0 Å². The smallest absolute Gasteiger partial charge is 0.354 e. The topological polar surface area (TPSA) is 86.8 Å². The number of alkyl halides is 3. The van der Waals surface area contributed by atoms with Gasteiger partial charge in [0.05, 0.1) is 31.2 Å².